The third kappa shape index (κ3) is 4.98. The molecule has 5 rings (SSSR count). The number of amides is 4. The molecule has 3 N–H and O–H groups in total. The number of nitrogens with zero attached hydrogens (tertiary/aromatic N) is 5. The normalized spacial score (nSPS) is 17.8. The Bertz CT molecular complexity index is 1360. The third-order valence-electron chi connectivity index (χ3n) is 6.45. The summed E-state index contributed by atoms with van der Waals surface area (Å²) >= 11 is 1.38. The molecule has 0 bridgehead atoms. The molecule has 4 amide bonds. The number of hydrogen-bond donors (Lipinski definition) is 2. The van der Waals surface area contributed by atoms with Crippen molar-refractivity contribution in [1.82, 2.24) is 30.1 Å². The number of carbonyl (C=O) groups is 3. The fraction of sp³-hybridized carbons (Fsp3) is 0.280. The second kappa shape index (κ2) is 10.1. The predicted molar refractivity (Wildman–Crippen MR) is 137 cm³/mol. The first-order valence-corrected chi connectivity index (χ1v) is 12.5. The van der Waals surface area contributed by atoms with Gasteiger partial charge in [-0.3, -0.25) is 14.6 Å². The number of rotatable bonds is 7. The number of anilines is 1. The molecule has 37 heavy (non-hydrogen) atoms. The van der Waals surface area contributed by atoms with Gasteiger partial charge in [0.2, 0.25) is 11.8 Å². The highest BCUT2D eigenvalue weighted by Gasteiger charge is 2.47. The molecule has 2 saturated heterocycles. The van der Waals surface area contributed by atoms with Crippen molar-refractivity contribution in [3.63, 3.8) is 0 Å². The molecule has 2 aliphatic rings. The summed E-state index contributed by atoms with van der Waals surface area (Å²) < 4.78 is 14.1. The maximum absolute atomic E-state index is 13.2. The zero-order valence-corrected chi connectivity index (χ0v) is 20.8. The van der Waals surface area contributed by atoms with Crippen LogP contribution in [0.2, 0.25) is 0 Å². The summed E-state index contributed by atoms with van der Waals surface area (Å²) in [5.74, 6) is -0.764. The van der Waals surface area contributed by atoms with Crippen LogP contribution in [0.25, 0.3) is 10.2 Å². The Balaban J connectivity index is 1.33. The van der Waals surface area contributed by atoms with E-state index in [1.807, 2.05) is 18.2 Å². The summed E-state index contributed by atoms with van der Waals surface area (Å²) in [5, 5.41) is 6.37. The Hall–Kier alpha value is -4.03. The van der Waals surface area contributed by atoms with Gasteiger partial charge in [-0.2, -0.15) is 5.01 Å². The van der Waals surface area contributed by atoms with Gasteiger partial charge in [-0.25, -0.2) is 14.2 Å². The van der Waals surface area contributed by atoms with Gasteiger partial charge < -0.3 is 20.9 Å². The van der Waals surface area contributed by atoms with Crippen molar-refractivity contribution in [1.29, 1.82) is 0 Å². The molecule has 0 saturated carbocycles. The molecule has 0 aliphatic carbocycles. The summed E-state index contributed by atoms with van der Waals surface area (Å²) in [6.45, 7) is 4.52. The summed E-state index contributed by atoms with van der Waals surface area (Å²) in [6.07, 6.45) is 1.06. The highest BCUT2D eigenvalue weighted by molar-refractivity contribution is 7.22. The number of halogens is 1. The van der Waals surface area contributed by atoms with Gasteiger partial charge in [0.1, 0.15) is 18.5 Å². The van der Waals surface area contributed by atoms with Crippen LogP contribution >= 0.6 is 11.3 Å². The van der Waals surface area contributed by atoms with Gasteiger partial charge in [0.05, 0.1) is 29.9 Å². The number of piperazine rings is 1. The van der Waals surface area contributed by atoms with Gasteiger partial charge in [-0.05, 0) is 29.3 Å². The molecule has 0 spiro atoms. The lowest BCUT2D eigenvalue weighted by Crippen LogP contribution is -2.62. The fourth-order valence-electron chi connectivity index (χ4n) is 4.65. The van der Waals surface area contributed by atoms with E-state index in [1.54, 1.807) is 28.1 Å². The van der Waals surface area contributed by atoms with Crippen LogP contribution in [0.3, 0.4) is 0 Å². The molecule has 1 atom stereocenters. The van der Waals surface area contributed by atoms with E-state index >= 15 is 0 Å². The van der Waals surface area contributed by atoms with Crippen LogP contribution in [0.4, 0.5) is 14.3 Å². The average molecular weight is 524 g/mol. The van der Waals surface area contributed by atoms with E-state index in [9.17, 15) is 18.8 Å². The van der Waals surface area contributed by atoms with E-state index < -0.39 is 12.2 Å². The fourth-order valence-corrected chi connectivity index (χ4v) is 5.43. The van der Waals surface area contributed by atoms with Gasteiger partial charge in [0, 0.05) is 13.1 Å². The summed E-state index contributed by atoms with van der Waals surface area (Å²) in [5.41, 5.74) is 8.25. The van der Waals surface area contributed by atoms with Crippen molar-refractivity contribution in [2.45, 2.75) is 19.3 Å². The van der Waals surface area contributed by atoms with Crippen LogP contribution in [0.5, 0.6) is 0 Å². The second-order valence-corrected chi connectivity index (χ2v) is 9.91. The van der Waals surface area contributed by atoms with Gasteiger partial charge in [-0.15, -0.1) is 6.58 Å². The minimum absolute atomic E-state index is 0.0399. The number of nitrogens with two attached hydrogens (primary N) is 1. The van der Waals surface area contributed by atoms with Gasteiger partial charge >= 0.3 is 6.03 Å². The summed E-state index contributed by atoms with van der Waals surface area (Å²) in [6, 6.07) is 11.2. The molecule has 2 aromatic carbocycles. The molecule has 2 aliphatic heterocycles. The molecule has 192 valence electrons. The van der Waals surface area contributed by atoms with Crippen molar-refractivity contribution in [2.75, 3.05) is 31.9 Å². The van der Waals surface area contributed by atoms with Crippen molar-refractivity contribution in [3.05, 3.63) is 72.1 Å². The highest BCUT2D eigenvalue weighted by Crippen LogP contribution is 2.29. The lowest BCUT2D eigenvalue weighted by atomic mass is 10.1. The van der Waals surface area contributed by atoms with Gasteiger partial charge in [-0.1, -0.05) is 41.7 Å². The number of aromatic nitrogens is 1. The maximum atomic E-state index is 13.2. The van der Waals surface area contributed by atoms with Crippen molar-refractivity contribution < 1.29 is 18.8 Å². The SMILES string of the molecule is C=CCN(C(=O)NCc1ccc(F)cc1)N1CC(=O)N2CC(=O)N(Cc3cccc4sc(N)nc34)C[C@@H]21. The highest BCUT2D eigenvalue weighted by atomic mass is 32.1. The molecule has 0 radical (unpaired) electrons. The zero-order valence-electron chi connectivity index (χ0n) is 20.0. The number of thiazole rings is 1. The van der Waals surface area contributed by atoms with E-state index in [0.717, 1.165) is 21.3 Å². The molecule has 1 aromatic heterocycles. The van der Waals surface area contributed by atoms with Crippen molar-refractivity contribution in [2.24, 2.45) is 0 Å². The van der Waals surface area contributed by atoms with Crippen LogP contribution in [-0.4, -0.2) is 75.0 Å². The molecule has 3 heterocycles. The molecule has 12 heteroatoms. The average Bonchev–Trinajstić information content (AvgIpc) is 3.41. The van der Waals surface area contributed by atoms with Crippen LogP contribution in [0.15, 0.2) is 55.1 Å². The van der Waals surface area contributed by atoms with Crippen molar-refractivity contribution in [3.8, 4) is 0 Å². The topological polar surface area (TPSA) is 115 Å². The first-order chi connectivity index (χ1) is 17.8. The van der Waals surface area contributed by atoms with E-state index in [2.05, 4.69) is 16.9 Å². The van der Waals surface area contributed by atoms with Gasteiger partial charge in [0.15, 0.2) is 5.13 Å². The number of para-hydroxylation sites is 1. The Kier molecular flexibility index (Phi) is 6.76. The number of hydrazine groups is 1. The zero-order chi connectivity index (χ0) is 26.1. The van der Waals surface area contributed by atoms with Crippen LogP contribution in [-0.2, 0) is 22.7 Å². The number of nitrogen functional groups attached to an aromatic ring is 1. The lowest BCUT2D eigenvalue weighted by Gasteiger charge is -2.42. The minimum atomic E-state index is -0.513. The molecular weight excluding hydrogens is 497 g/mol. The Morgan fingerprint density at radius 3 is 2.76 bits per heavy atom. The Morgan fingerprint density at radius 2 is 2.00 bits per heavy atom. The lowest BCUT2D eigenvalue weighted by molar-refractivity contribution is -0.149. The number of nitrogens with one attached hydrogen (secondary N) is 1. The quantitative estimate of drug-likeness (QED) is 0.459. The van der Waals surface area contributed by atoms with E-state index in [-0.39, 0.29) is 50.4 Å². The van der Waals surface area contributed by atoms with E-state index in [4.69, 9.17) is 5.73 Å². The number of hydrogen-bond acceptors (Lipinski definition) is 7. The Labute approximate surface area is 216 Å². The first-order valence-electron chi connectivity index (χ1n) is 11.7. The van der Waals surface area contributed by atoms with E-state index in [0.29, 0.717) is 11.7 Å². The molecule has 2 fully saturated rings. The molecule has 3 aromatic rings. The number of urea groups is 1. The van der Waals surface area contributed by atoms with E-state index in [1.165, 1.54) is 33.4 Å². The standard InChI is InChI=1S/C25H26FN7O3S/c1-2-10-32(25(36)28-11-16-6-8-18(26)9-7-16)33-15-22(35)31-14-21(34)30(13-20(31)33)12-17-4-3-5-19-23(17)29-24(27)37-19/h2-9,20H,1,10-15H2,(H2,27,29)(H,28,36)/t20-/m0/s1. The number of benzene rings is 2. The number of carbonyl (C=O) groups excluding carboxylic acids is 3. The smallest absolute Gasteiger partial charge is 0.332 e. The maximum Gasteiger partial charge on any atom is 0.332 e. The first kappa shape index (κ1) is 24.7. The monoisotopic (exact) mass is 523 g/mol. The van der Waals surface area contributed by atoms with Crippen LogP contribution < -0.4 is 11.1 Å². The van der Waals surface area contributed by atoms with Crippen LogP contribution in [0, 0.1) is 5.82 Å². The predicted octanol–water partition coefficient (Wildman–Crippen LogP) is 2.14. The largest absolute Gasteiger partial charge is 0.375 e. The molecule has 10 nitrogen and oxygen atoms in total. The van der Waals surface area contributed by atoms with Gasteiger partial charge in [0.25, 0.3) is 0 Å². The van der Waals surface area contributed by atoms with Crippen LogP contribution in [0.1, 0.15) is 11.1 Å². The third-order valence-corrected chi connectivity index (χ3v) is 7.30. The molecular formula is C25H26FN7O3S. The molecule has 0 unspecified atom stereocenters. The summed E-state index contributed by atoms with van der Waals surface area (Å²) in [7, 11) is 0. The number of fused-ring (bicyclic) bond motifs is 2. The minimum Gasteiger partial charge on any atom is -0.375 e. The van der Waals surface area contributed by atoms with Crippen molar-refractivity contribution >= 4 is 44.5 Å². The second-order valence-electron chi connectivity index (χ2n) is 8.85. The Morgan fingerprint density at radius 1 is 1.22 bits per heavy atom. The summed E-state index contributed by atoms with van der Waals surface area (Å²) in [4.78, 5) is 46.6.